The quantitative estimate of drug-likeness (QED) is 0.448. The lowest BCUT2D eigenvalue weighted by Crippen LogP contribution is -2.44. The number of hydrogen-bond acceptors (Lipinski definition) is 2. The Morgan fingerprint density at radius 2 is 2.17 bits per heavy atom. The standard InChI is InChI=1S/C9H17NO2/c1-6(2)10-7-3-4-8(10)9(11,12)5-7/h6-8,11-12H,3-5H2,1-2H3/p+1. The number of nitrogens with zero attached hydrogens (tertiary/aromatic N) is 1. The maximum absolute atomic E-state index is 9.73. The van der Waals surface area contributed by atoms with Crippen LogP contribution in [0.1, 0.15) is 33.1 Å². The Labute approximate surface area is 73.0 Å². The fourth-order valence-corrected chi connectivity index (χ4v) is 2.87. The predicted molar refractivity (Wildman–Crippen MR) is 47.0 cm³/mol. The third kappa shape index (κ3) is 1.00. The monoisotopic (exact) mass is 172 g/mol. The van der Waals surface area contributed by atoms with Gasteiger partial charge >= 0.3 is 0 Å². The minimum Gasteiger partial charge on any atom is -0.418 e. The zero-order chi connectivity index (χ0) is 8.93. The normalized spacial score (nSPS) is 47.8. The molecule has 3 atom stereocenters. The van der Waals surface area contributed by atoms with Crippen molar-refractivity contribution in [2.24, 2.45) is 0 Å². The van der Waals surface area contributed by atoms with Crippen molar-refractivity contribution in [1.29, 1.82) is 0 Å². The maximum Gasteiger partial charge on any atom is 0.288 e. The molecule has 2 aliphatic heterocycles. The molecule has 2 fully saturated rings. The van der Waals surface area contributed by atoms with Crippen molar-refractivity contribution < 1.29 is 10.2 Å². The molecule has 12 heavy (non-hydrogen) atoms. The maximum atomic E-state index is 9.73. The smallest absolute Gasteiger partial charge is 0.288 e. The second kappa shape index (κ2) is 2.44. The van der Waals surface area contributed by atoms with Gasteiger partial charge in [-0.15, -0.1) is 0 Å². The highest BCUT2D eigenvalue weighted by molar-refractivity contribution is 5.05. The fourth-order valence-electron chi connectivity index (χ4n) is 2.87. The van der Waals surface area contributed by atoms with E-state index in [0.29, 0.717) is 18.5 Å². The third-order valence-electron chi connectivity index (χ3n) is 3.25. The first-order chi connectivity index (χ1) is 5.52. The summed E-state index contributed by atoms with van der Waals surface area (Å²) in [5.41, 5.74) is 0. The predicted octanol–water partition coefficient (Wildman–Crippen LogP) is 0.0447. The average Bonchev–Trinajstić information content (AvgIpc) is 2.38. The summed E-state index contributed by atoms with van der Waals surface area (Å²) in [6.45, 7) is 4.29. The summed E-state index contributed by atoms with van der Waals surface area (Å²) in [4.78, 5) is 2.31. The molecule has 3 heteroatoms. The van der Waals surface area contributed by atoms with Gasteiger partial charge in [-0.2, -0.15) is 0 Å². The van der Waals surface area contributed by atoms with Crippen LogP contribution in [-0.2, 0) is 0 Å². The van der Waals surface area contributed by atoms with E-state index in [1.807, 2.05) is 0 Å². The van der Waals surface area contributed by atoms with Crippen LogP contribution < -0.4 is 0 Å². The topological polar surface area (TPSA) is 46.4 Å². The van der Waals surface area contributed by atoms with Crippen molar-refractivity contribution >= 4 is 0 Å². The molecule has 3 nitrogen and oxygen atoms in total. The van der Waals surface area contributed by atoms with Gasteiger partial charge < -0.3 is 10.2 Å². The van der Waals surface area contributed by atoms with Crippen molar-refractivity contribution in [2.75, 3.05) is 0 Å². The molecule has 70 valence electrons. The van der Waals surface area contributed by atoms with Gasteiger partial charge in [0.1, 0.15) is 6.04 Å². The van der Waals surface area contributed by atoms with Crippen molar-refractivity contribution in [2.45, 2.75) is 57.0 Å². The van der Waals surface area contributed by atoms with Crippen molar-refractivity contribution in [3.63, 3.8) is 0 Å². The first-order valence-corrected chi connectivity index (χ1v) is 4.77. The van der Waals surface area contributed by atoms with E-state index in [9.17, 15) is 5.11 Å². The molecule has 2 heterocycles. The molecule has 0 aromatic heterocycles. The van der Waals surface area contributed by atoms with Crippen LogP contribution in [0.3, 0.4) is 0 Å². The fraction of sp³-hybridized carbons (Fsp3) is 1.00. The van der Waals surface area contributed by atoms with E-state index in [-0.39, 0.29) is 6.04 Å². The molecule has 2 saturated heterocycles. The summed E-state index contributed by atoms with van der Waals surface area (Å²) < 4.78 is 0. The van der Waals surface area contributed by atoms with Crippen LogP contribution in [0.5, 0.6) is 0 Å². The van der Waals surface area contributed by atoms with Crippen LogP contribution in [0.25, 0.3) is 0 Å². The summed E-state index contributed by atoms with van der Waals surface area (Å²) >= 11 is 0. The van der Waals surface area contributed by atoms with Gasteiger partial charge in [-0.05, 0) is 26.7 Å². The highest BCUT2D eigenvalue weighted by Crippen LogP contribution is 2.43. The SMILES string of the molecule is CC(C)N1C2CCC1C(O)([OH2+])C2. The zero-order valence-corrected chi connectivity index (χ0v) is 7.75. The van der Waals surface area contributed by atoms with E-state index in [4.69, 9.17) is 5.11 Å². The first kappa shape index (κ1) is 8.48. The lowest BCUT2D eigenvalue weighted by Gasteiger charge is -2.26. The molecule has 2 bridgehead atoms. The van der Waals surface area contributed by atoms with Gasteiger partial charge in [0.2, 0.25) is 0 Å². The van der Waals surface area contributed by atoms with Crippen molar-refractivity contribution in [3.8, 4) is 0 Å². The molecule has 0 aliphatic carbocycles. The Kier molecular flexibility index (Phi) is 1.72. The summed E-state index contributed by atoms with van der Waals surface area (Å²) in [6, 6.07) is 1.04. The lowest BCUT2D eigenvalue weighted by atomic mass is 9.95. The molecule has 0 spiro atoms. The van der Waals surface area contributed by atoms with E-state index in [0.717, 1.165) is 6.42 Å². The van der Waals surface area contributed by atoms with Gasteiger partial charge in [-0.1, -0.05) is 0 Å². The summed E-state index contributed by atoms with van der Waals surface area (Å²) in [6.07, 6.45) is 2.82. The number of aliphatic hydroxyl groups is 1. The molecule has 0 saturated carbocycles. The lowest BCUT2D eigenvalue weighted by molar-refractivity contribution is -0.181. The van der Waals surface area contributed by atoms with Crippen LogP contribution in [0.15, 0.2) is 0 Å². The van der Waals surface area contributed by atoms with Gasteiger partial charge in [0.25, 0.3) is 5.79 Å². The van der Waals surface area contributed by atoms with E-state index < -0.39 is 5.79 Å². The molecule has 2 rings (SSSR count). The van der Waals surface area contributed by atoms with Crippen LogP contribution in [0.2, 0.25) is 0 Å². The van der Waals surface area contributed by atoms with E-state index in [1.54, 1.807) is 0 Å². The molecule has 0 aromatic rings. The summed E-state index contributed by atoms with van der Waals surface area (Å²) in [7, 11) is 0. The van der Waals surface area contributed by atoms with Crippen molar-refractivity contribution in [3.05, 3.63) is 0 Å². The second-order valence-electron chi connectivity index (χ2n) is 4.42. The Morgan fingerprint density at radius 1 is 1.50 bits per heavy atom. The Hall–Kier alpha value is -0.120. The van der Waals surface area contributed by atoms with E-state index >= 15 is 0 Å². The average molecular weight is 172 g/mol. The Bertz CT molecular complexity index is 191. The molecular formula is C9H18NO2+. The highest BCUT2D eigenvalue weighted by atomic mass is 16.5. The molecule has 0 amide bonds. The number of hydrogen-bond donors (Lipinski definition) is 1. The molecule has 0 radical (unpaired) electrons. The minimum absolute atomic E-state index is 0.0995. The largest absolute Gasteiger partial charge is 0.418 e. The third-order valence-corrected chi connectivity index (χ3v) is 3.25. The number of fused-ring (bicyclic) bond motifs is 2. The van der Waals surface area contributed by atoms with Crippen LogP contribution >= 0.6 is 0 Å². The van der Waals surface area contributed by atoms with E-state index in [1.165, 1.54) is 6.42 Å². The van der Waals surface area contributed by atoms with Crippen LogP contribution in [0, 0.1) is 0 Å². The van der Waals surface area contributed by atoms with Gasteiger partial charge in [-0.25, -0.2) is 0 Å². The minimum atomic E-state index is -1.16. The van der Waals surface area contributed by atoms with Gasteiger partial charge in [0.15, 0.2) is 0 Å². The molecular weight excluding hydrogens is 154 g/mol. The van der Waals surface area contributed by atoms with Gasteiger partial charge in [-0.3, -0.25) is 4.90 Å². The summed E-state index contributed by atoms with van der Waals surface area (Å²) in [5, 5.41) is 17.4. The van der Waals surface area contributed by atoms with Gasteiger partial charge in [0.05, 0.1) is 6.42 Å². The van der Waals surface area contributed by atoms with Crippen LogP contribution in [0.4, 0.5) is 0 Å². The zero-order valence-electron chi connectivity index (χ0n) is 7.75. The molecule has 3 unspecified atom stereocenters. The number of rotatable bonds is 1. The Balaban J connectivity index is 2.20. The first-order valence-electron chi connectivity index (χ1n) is 4.77. The molecule has 2 aliphatic rings. The molecule has 3 N–H and O–H groups in total. The van der Waals surface area contributed by atoms with Gasteiger partial charge in [0, 0.05) is 12.1 Å². The summed E-state index contributed by atoms with van der Waals surface area (Å²) in [5.74, 6) is -1.16. The Morgan fingerprint density at radius 3 is 2.42 bits per heavy atom. The second-order valence-corrected chi connectivity index (χ2v) is 4.42. The molecule has 0 aromatic carbocycles. The van der Waals surface area contributed by atoms with Crippen LogP contribution in [-0.4, -0.2) is 39.0 Å². The highest BCUT2D eigenvalue weighted by Gasteiger charge is 2.58. The van der Waals surface area contributed by atoms with Crippen molar-refractivity contribution in [1.82, 2.24) is 4.90 Å². The van der Waals surface area contributed by atoms with E-state index in [2.05, 4.69) is 18.7 Å².